The average molecular weight is 269 g/mol. The van der Waals surface area contributed by atoms with Gasteiger partial charge in [0, 0.05) is 46.5 Å². The van der Waals surface area contributed by atoms with E-state index in [0.29, 0.717) is 19.8 Å². The number of aryl methyl sites for hydroxylation is 1. The predicted molar refractivity (Wildman–Crippen MR) is 72.5 cm³/mol. The highest BCUT2D eigenvalue weighted by Gasteiger charge is 2.35. The molecule has 2 rings (SSSR count). The van der Waals surface area contributed by atoms with Crippen LogP contribution in [0.25, 0.3) is 0 Å². The summed E-state index contributed by atoms with van der Waals surface area (Å²) in [6, 6.07) is 0. The fraction of sp³-hybridized carbons (Fsp3) is 0.769. The van der Waals surface area contributed by atoms with E-state index in [1.165, 1.54) is 0 Å². The van der Waals surface area contributed by atoms with Crippen LogP contribution in [-0.2, 0) is 20.8 Å². The number of aromatic nitrogens is 2. The summed E-state index contributed by atoms with van der Waals surface area (Å²) in [4.78, 5) is 4.49. The molecule has 0 aliphatic carbocycles. The molecule has 1 aromatic rings. The zero-order chi connectivity index (χ0) is 13.7. The highest BCUT2D eigenvalue weighted by molar-refractivity contribution is 5.29. The van der Waals surface area contributed by atoms with Gasteiger partial charge >= 0.3 is 0 Å². The Morgan fingerprint density at radius 1 is 1.53 bits per heavy atom. The summed E-state index contributed by atoms with van der Waals surface area (Å²) < 4.78 is 18.2. The first kappa shape index (κ1) is 14.3. The van der Waals surface area contributed by atoms with Crippen LogP contribution in [-0.4, -0.2) is 55.7 Å². The van der Waals surface area contributed by atoms with Crippen molar-refractivity contribution in [2.75, 3.05) is 45.9 Å². The fourth-order valence-electron chi connectivity index (χ4n) is 2.25. The fourth-order valence-corrected chi connectivity index (χ4v) is 2.25. The lowest BCUT2D eigenvalue weighted by Gasteiger charge is -2.26. The van der Waals surface area contributed by atoms with Crippen LogP contribution in [0, 0.1) is 6.92 Å². The van der Waals surface area contributed by atoms with Crippen molar-refractivity contribution in [1.82, 2.24) is 9.55 Å². The van der Waals surface area contributed by atoms with E-state index in [1.807, 2.05) is 13.1 Å². The molecular weight excluding hydrogens is 246 g/mol. The first-order valence-corrected chi connectivity index (χ1v) is 6.58. The van der Waals surface area contributed by atoms with Gasteiger partial charge < -0.3 is 24.1 Å². The van der Waals surface area contributed by atoms with Crippen molar-refractivity contribution in [3.63, 3.8) is 0 Å². The van der Waals surface area contributed by atoms with E-state index >= 15 is 0 Å². The van der Waals surface area contributed by atoms with E-state index in [1.54, 1.807) is 14.2 Å². The first-order valence-electron chi connectivity index (χ1n) is 6.58. The molecule has 1 aliphatic heterocycles. The molecule has 0 spiro atoms. The second-order valence-corrected chi connectivity index (χ2v) is 4.94. The summed E-state index contributed by atoms with van der Waals surface area (Å²) in [6.07, 6.45) is 2.93. The molecule has 1 unspecified atom stereocenters. The van der Waals surface area contributed by atoms with Gasteiger partial charge in [0.2, 0.25) is 5.95 Å². The average Bonchev–Trinajstić information content (AvgIpc) is 3.01. The SMILES string of the molecule is COCCn1cc(C)nc1NCC1(OC)CCOC1. The van der Waals surface area contributed by atoms with Gasteiger partial charge in [0.15, 0.2) is 0 Å². The quantitative estimate of drug-likeness (QED) is 0.802. The summed E-state index contributed by atoms with van der Waals surface area (Å²) in [7, 11) is 3.44. The molecular formula is C13H23N3O3. The number of hydrogen-bond donors (Lipinski definition) is 1. The Morgan fingerprint density at radius 3 is 3.00 bits per heavy atom. The summed E-state index contributed by atoms with van der Waals surface area (Å²) in [5.74, 6) is 0.859. The van der Waals surface area contributed by atoms with Crippen LogP contribution in [0.4, 0.5) is 5.95 Å². The molecule has 2 heterocycles. The van der Waals surface area contributed by atoms with Crippen LogP contribution < -0.4 is 5.32 Å². The molecule has 1 fully saturated rings. The zero-order valence-corrected chi connectivity index (χ0v) is 11.9. The monoisotopic (exact) mass is 269 g/mol. The molecule has 1 N–H and O–H groups in total. The molecule has 6 nitrogen and oxygen atoms in total. The largest absolute Gasteiger partial charge is 0.383 e. The molecule has 0 aromatic carbocycles. The van der Waals surface area contributed by atoms with E-state index in [-0.39, 0.29) is 5.60 Å². The van der Waals surface area contributed by atoms with Crippen LogP contribution in [0.5, 0.6) is 0 Å². The highest BCUT2D eigenvalue weighted by atomic mass is 16.5. The topological polar surface area (TPSA) is 57.5 Å². The molecule has 6 heteroatoms. The van der Waals surface area contributed by atoms with Gasteiger partial charge in [-0.3, -0.25) is 0 Å². The van der Waals surface area contributed by atoms with Gasteiger partial charge in [0.05, 0.1) is 18.9 Å². The highest BCUT2D eigenvalue weighted by Crippen LogP contribution is 2.23. The van der Waals surface area contributed by atoms with Crippen molar-refractivity contribution in [2.24, 2.45) is 0 Å². The van der Waals surface area contributed by atoms with Gasteiger partial charge in [-0.2, -0.15) is 0 Å². The summed E-state index contributed by atoms with van der Waals surface area (Å²) in [6.45, 7) is 5.53. The minimum absolute atomic E-state index is 0.230. The van der Waals surface area contributed by atoms with E-state index in [0.717, 1.165) is 31.2 Å². The van der Waals surface area contributed by atoms with Crippen molar-refractivity contribution in [1.29, 1.82) is 0 Å². The van der Waals surface area contributed by atoms with E-state index in [9.17, 15) is 0 Å². The van der Waals surface area contributed by atoms with E-state index in [2.05, 4.69) is 14.9 Å². The maximum absolute atomic E-state index is 5.60. The molecule has 1 saturated heterocycles. The summed E-state index contributed by atoms with van der Waals surface area (Å²) in [5.41, 5.74) is 0.763. The lowest BCUT2D eigenvalue weighted by Crippen LogP contribution is -2.40. The van der Waals surface area contributed by atoms with Gasteiger partial charge in [-0.15, -0.1) is 0 Å². The Kier molecular flexibility index (Phi) is 4.79. The number of imidazole rings is 1. The van der Waals surface area contributed by atoms with Crippen LogP contribution in [0.1, 0.15) is 12.1 Å². The molecule has 0 bridgehead atoms. The minimum atomic E-state index is -0.230. The van der Waals surface area contributed by atoms with E-state index in [4.69, 9.17) is 14.2 Å². The Hall–Kier alpha value is -1.11. The number of nitrogens with zero attached hydrogens (tertiary/aromatic N) is 2. The smallest absolute Gasteiger partial charge is 0.203 e. The van der Waals surface area contributed by atoms with Crippen molar-refractivity contribution < 1.29 is 14.2 Å². The Bertz CT molecular complexity index is 400. The number of rotatable bonds is 7. The summed E-state index contributed by atoms with van der Waals surface area (Å²) in [5, 5.41) is 3.37. The van der Waals surface area contributed by atoms with Gasteiger partial charge in [-0.25, -0.2) is 4.98 Å². The Balaban J connectivity index is 1.98. The van der Waals surface area contributed by atoms with Gasteiger partial charge in [-0.05, 0) is 6.92 Å². The second kappa shape index (κ2) is 6.36. The van der Waals surface area contributed by atoms with Crippen LogP contribution in [0.3, 0.4) is 0 Å². The summed E-state index contributed by atoms with van der Waals surface area (Å²) >= 11 is 0. The van der Waals surface area contributed by atoms with Crippen molar-refractivity contribution in [3.8, 4) is 0 Å². The van der Waals surface area contributed by atoms with Gasteiger partial charge in [-0.1, -0.05) is 0 Å². The molecule has 19 heavy (non-hydrogen) atoms. The van der Waals surface area contributed by atoms with Crippen molar-refractivity contribution in [3.05, 3.63) is 11.9 Å². The number of hydrogen-bond acceptors (Lipinski definition) is 5. The van der Waals surface area contributed by atoms with Gasteiger partial charge in [0.25, 0.3) is 0 Å². The van der Waals surface area contributed by atoms with Crippen LogP contribution in [0.15, 0.2) is 6.20 Å². The lowest BCUT2D eigenvalue weighted by molar-refractivity contribution is -0.00636. The molecule has 0 radical (unpaired) electrons. The Morgan fingerprint density at radius 2 is 2.37 bits per heavy atom. The van der Waals surface area contributed by atoms with Gasteiger partial charge in [0.1, 0.15) is 5.60 Å². The third-order valence-electron chi connectivity index (χ3n) is 3.50. The molecule has 1 aromatic heterocycles. The van der Waals surface area contributed by atoms with Crippen LogP contribution in [0.2, 0.25) is 0 Å². The Labute approximate surface area is 114 Å². The molecule has 0 saturated carbocycles. The van der Waals surface area contributed by atoms with Crippen molar-refractivity contribution >= 4 is 5.95 Å². The molecule has 1 aliphatic rings. The molecule has 108 valence electrons. The normalized spacial score (nSPS) is 22.9. The zero-order valence-electron chi connectivity index (χ0n) is 11.9. The molecule has 1 atom stereocenters. The third-order valence-corrected chi connectivity index (χ3v) is 3.50. The number of methoxy groups -OCH3 is 2. The minimum Gasteiger partial charge on any atom is -0.383 e. The van der Waals surface area contributed by atoms with E-state index < -0.39 is 0 Å². The maximum atomic E-state index is 5.60. The third kappa shape index (κ3) is 3.46. The number of ether oxygens (including phenoxy) is 3. The lowest BCUT2D eigenvalue weighted by atomic mass is 10.0. The second-order valence-electron chi connectivity index (χ2n) is 4.94. The van der Waals surface area contributed by atoms with Crippen molar-refractivity contribution in [2.45, 2.75) is 25.5 Å². The maximum Gasteiger partial charge on any atom is 0.203 e. The molecule has 0 amide bonds. The predicted octanol–water partition coefficient (Wildman–Crippen LogP) is 1.06. The first-order chi connectivity index (χ1) is 9.19. The number of anilines is 1. The standard InChI is InChI=1S/C13H23N3O3/c1-11-8-16(5-7-17-2)12(15-11)14-9-13(18-3)4-6-19-10-13/h8H,4-7,9-10H2,1-3H3,(H,14,15). The number of nitrogens with one attached hydrogen (secondary N) is 1. The van der Waals surface area contributed by atoms with Crippen LogP contribution >= 0.6 is 0 Å².